The van der Waals surface area contributed by atoms with Crippen LogP contribution >= 0.6 is 0 Å². The third-order valence-electron chi connectivity index (χ3n) is 6.85. The van der Waals surface area contributed by atoms with E-state index in [2.05, 4.69) is 6.92 Å². The molecule has 0 atom stereocenters. The Labute approximate surface area is 157 Å². The Morgan fingerprint density at radius 2 is 1.65 bits per heavy atom. The van der Waals surface area contributed by atoms with Gasteiger partial charge in [-0.25, -0.2) is 8.78 Å². The van der Waals surface area contributed by atoms with Crippen molar-refractivity contribution in [2.45, 2.75) is 81.8 Å². The average molecular weight is 381 g/mol. The van der Waals surface area contributed by atoms with Crippen LogP contribution in [0.25, 0.3) is 5.83 Å². The van der Waals surface area contributed by atoms with Crippen molar-refractivity contribution >= 4 is 14.2 Å². The highest BCUT2D eigenvalue weighted by atomic mass is 28.4. The minimum atomic E-state index is -2.62. The molecule has 0 spiro atoms. The van der Waals surface area contributed by atoms with Crippen LogP contribution in [0.5, 0.6) is 0 Å². The Bertz CT molecular complexity index is 594. The summed E-state index contributed by atoms with van der Waals surface area (Å²) in [6.45, 7) is 2.24. The third-order valence-corrected chi connectivity index (χ3v) is 11.1. The molecule has 1 aliphatic heterocycles. The highest BCUT2D eigenvalue weighted by Crippen LogP contribution is 2.50. The van der Waals surface area contributed by atoms with Gasteiger partial charge in [0.05, 0.1) is 0 Å². The zero-order valence-electron chi connectivity index (χ0n) is 15.8. The number of benzene rings is 1. The topological polar surface area (TPSA) is 0 Å². The van der Waals surface area contributed by atoms with Crippen LogP contribution in [0.15, 0.2) is 30.6 Å². The van der Waals surface area contributed by atoms with Crippen molar-refractivity contribution in [2.24, 2.45) is 5.92 Å². The summed E-state index contributed by atoms with van der Waals surface area (Å²) in [6, 6.07) is 8.58. The van der Waals surface area contributed by atoms with Gasteiger partial charge in [-0.3, -0.25) is 0 Å². The van der Waals surface area contributed by atoms with Gasteiger partial charge in [-0.15, -0.1) is 0 Å². The summed E-state index contributed by atoms with van der Waals surface area (Å²) in [5.41, 5.74) is 1.79. The molecule has 0 radical (unpaired) electrons. The molecular formula is C22H31F3Si. The predicted molar refractivity (Wildman–Crippen MR) is 106 cm³/mol. The van der Waals surface area contributed by atoms with Crippen LogP contribution in [-0.4, -0.2) is 8.41 Å². The molecule has 2 fully saturated rings. The van der Waals surface area contributed by atoms with Crippen LogP contribution in [0.3, 0.4) is 0 Å². The first kappa shape index (κ1) is 19.7. The average Bonchev–Trinajstić information content (AvgIpc) is 2.69. The van der Waals surface area contributed by atoms with E-state index >= 15 is 4.11 Å². The minimum absolute atomic E-state index is 0.00604. The van der Waals surface area contributed by atoms with Gasteiger partial charge in [0.2, 0.25) is 8.41 Å². The first-order chi connectivity index (χ1) is 12.6. The van der Waals surface area contributed by atoms with E-state index in [1.807, 2.05) is 12.1 Å². The number of hydrogen-bond donors (Lipinski definition) is 0. The molecule has 1 saturated heterocycles. The lowest BCUT2D eigenvalue weighted by Crippen LogP contribution is -2.40. The highest BCUT2D eigenvalue weighted by molar-refractivity contribution is 6.74. The maximum Gasteiger partial charge on any atom is 0.250 e. The Kier molecular flexibility index (Phi) is 6.65. The van der Waals surface area contributed by atoms with Crippen LogP contribution < -0.4 is 0 Å². The monoisotopic (exact) mass is 380 g/mol. The van der Waals surface area contributed by atoms with Gasteiger partial charge in [-0.05, 0) is 47.9 Å². The molecule has 1 saturated carbocycles. The van der Waals surface area contributed by atoms with Crippen LogP contribution in [0.1, 0.15) is 75.3 Å². The van der Waals surface area contributed by atoms with Gasteiger partial charge in [-0.1, -0.05) is 69.7 Å². The van der Waals surface area contributed by atoms with Crippen molar-refractivity contribution in [2.75, 3.05) is 0 Å². The normalized spacial score (nSPS) is 33.2. The van der Waals surface area contributed by atoms with Gasteiger partial charge in [0.15, 0.2) is 5.83 Å². The summed E-state index contributed by atoms with van der Waals surface area (Å²) in [6.07, 6.45) is 9.07. The van der Waals surface area contributed by atoms with Gasteiger partial charge >= 0.3 is 0 Å². The van der Waals surface area contributed by atoms with Gasteiger partial charge in [-0.2, -0.15) is 0 Å². The van der Waals surface area contributed by atoms with E-state index in [1.54, 1.807) is 12.1 Å². The molecule has 0 aromatic heterocycles. The zero-order chi connectivity index (χ0) is 18.6. The van der Waals surface area contributed by atoms with E-state index in [1.165, 1.54) is 25.7 Å². The van der Waals surface area contributed by atoms with Crippen molar-refractivity contribution in [3.05, 3.63) is 41.7 Å². The molecule has 0 N–H and O–H groups in total. The molecule has 0 nitrogen and oxygen atoms in total. The SMILES string of the molecule is CCC[C@H]1CC[C@H]([Si]2(F)CCC(c3ccc(C(F)=CF)cc3)CC2)CC1. The number of halogens is 3. The van der Waals surface area contributed by atoms with Crippen molar-refractivity contribution < 1.29 is 12.9 Å². The Morgan fingerprint density at radius 1 is 1.04 bits per heavy atom. The Hall–Kier alpha value is -1.03. The van der Waals surface area contributed by atoms with Crippen LogP contribution in [0.4, 0.5) is 12.9 Å². The molecule has 3 rings (SSSR count). The highest BCUT2D eigenvalue weighted by Gasteiger charge is 2.46. The van der Waals surface area contributed by atoms with Crippen LogP contribution in [-0.2, 0) is 0 Å². The smallest absolute Gasteiger partial charge is 0.250 e. The zero-order valence-corrected chi connectivity index (χ0v) is 16.8. The van der Waals surface area contributed by atoms with Gasteiger partial charge in [0, 0.05) is 5.56 Å². The molecule has 0 amide bonds. The summed E-state index contributed by atoms with van der Waals surface area (Å²) in [4.78, 5) is 0. The van der Waals surface area contributed by atoms with Crippen molar-refractivity contribution in [1.29, 1.82) is 0 Å². The number of rotatable bonds is 5. The fraction of sp³-hybridized carbons (Fsp3) is 0.636. The maximum absolute atomic E-state index is 15.7. The van der Waals surface area contributed by atoms with Gasteiger partial charge in [0.25, 0.3) is 0 Å². The second-order valence-electron chi connectivity index (χ2n) is 8.39. The van der Waals surface area contributed by atoms with Gasteiger partial charge < -0.3 is 4.11 Å². The Morgan fingerprint density at radius 3 is 2.19 bits per heavy atom. The molecule has 1 aromatic carbocycles. The fourth-order valence-corrected chi connectivity index (χ4v) is 9.28. The van der Waals surface area contributed by atoms with E-state index in [0.29, 0.717) is 11.5 Å². The summed E-state index contributed by atoms with van der Waals surface area (Å²) in [5.74, 6) is 0.366. The standard InChI is InChI=1S/C22H31F3Si/c1-2-3-17-4-10-21(11-5-17)26(25)14-12-19(13-15-26)18-6-8-20(9-7-18)22(24)16-23/h6-9,16-17,19,21H,2-5,10-15H2,1H3/t17-,19?,21-,26?. The van der Waals surface area contributed by atoms with Crippen molar-refractivity contribution in [3.63, 3.8) is 0 Å². The minimum Gasteiger partial charge on any atom is -0.314 e. The molecule has 2 aliphatic rings. The molecule has 1 heterocycles. The van der Waals surface area contributed by atoms with Crippen molar-refractivity contribution in [3.8, 4) is 0 Å². The third kappa shape index (κ3) is 4.44. The largest absolute Gasteiger partial charge is 0.314 e. The molecule has 26 heavy (non-hydrogen) atoms. The maximum atomic E-state index is 15.7. The van der Waals surface area contributed by atoms with E-state index in [4.69, 9.17) is 0 Å². The molecule has 1 aliphatic carbocycles. The first-order valence-electron chi connectivity index (χ1n) is 10.3. The van der Waals surface area contributed by atoms with E-state index in [0.717, 1.165) is 49.3 Å². The summed E-state index contributed by atoms with van der Waals surface area (Å²) < 4.78 is 41.3. The molecule has 1 aromatic rings. The number of hydrogen-bond acceptors (Lipinski definition) is 0. The molecule has 144 valence electrons. The summed E-state index contributed by atoms with van der Waals surface area (Å²) in [5, 5.41) is 0. The van der Waals surface area contributed by atoms with E-state index in [9.17, 15) is 8.78 Å². The van der Waals surface area contributed by atoms with E-state index < -0.39 is 14.2 Å². The summed E-state index contributed by atoms with van der Waals surface area (Å²) >= 11 is 0. The van der Waals surface area contributed by atoms with Crippen molar-refractivity contribution in [1.82, 2.24) is 0 Å². The quantitative estimate of drug-likeness (QED) is 0.358. The molecule has 4 heteroatoms. The Balaban J connectivity index is 1.55. The first-order valence-corrected chi connectivity index (χ1v) is 12.7. The second-order valence-corrected chi connectivity index (χ2v) is 12.3. The fourth-order valence-electron chi connectivity index (χ4n) is 5.19. The molecule has 0 bridgehead atoms. The lowest BCUT2D eigenvalue weighted by molar-refractivity contribution is 0.322. The molecule has 0 unspecified atom stereocenters. The lowest BCUT2D eigenvalue weighted by atomic mass is 9.86. The lowest BCUT2D eigenvalue weighted by Gasteiger charge is -2.40. The van der Waals surface area contributed by atoms with Crippen LogP contribution in [0.2, 0.25) is 17.6 Å². The van der Waals surface area contributed by atoms with Gasteiger partial charge in [0.1, 0.15) is 6.33 Å². The van der Waals surface area contributed by atoms with E-state index in [-0.39, 0.29) is 11.9 Å². The molecular weight excluding hydrogens is 349 g/mol. The predicted octanol–water partition coefficient (Wildman–Crippen LogP) is 8.08. The van der Waals surface area contributed by atoms with Crippen LogP contribution in [0, 0.1) is 5.92 Å². The second kappa shape index (κ2) is 8.77. The summed E-state index contributed by atoms with van der Waals surface area (Å²) in [7, 11) is -2.62.